The van der Waals surface area contributed by atoms with Gasteiger partial charge >= 0.3 is 6.09 Å². The van der Waals surface area contributed by atoms with E-state index in [1.807, 2.05) is 18.2 Å². The second kappa shape index (κ2) is 8.39. The van der Waals surface area contributed by atoms with Gasteiger partial charge in [-0.25, -0.2) is 14.6 Å². The average molecular weight is 433 g/mol. The third-order valence-corrected chi connectivity index (χ3v) is 4.86. The fourth-order valence-electron chi connectivity index (χ4n) is 3.20. The number of rotatable bonds is 2. The number of halogens is 1. The summed E-state index contributed by atoms with van der Waals surface area (Å²) in [7, 11) is 0. The maximum Gasteiger partial charge on any atom is 0.426 e. The summed E-state index contributed by atoms with van der Waals surface area (Å²) in [4.78, 5) is 27.8. The van der Waals surface area contributed by atoms with Gasteiger partial charge in [-0.1, -0.05) is 36.1 Å². The van der Waals surface area contributed by atoms with Crippen LogP contribution in [0.5, 0.6) is 0 Å². The number of ether oxygens (including phenoxy) is 1. The van der Waals surface area contributed by atoms with Crippen molar-refractivity contribution < 1.29 is 18.7 Å². The van der Waals surface area contributed by atoms with Crippen molar-refractivity contribution in [2.75, 3.05) is 0 Å². The number of amides is 2. The standard InChI is InChI=1S/C25H24FN3O3/c1-25(2,3)32-24(31)29-28-23(30)22-20(12-6-15-4-5-15)19-13-9-17(14-21(19)27-22)16-7-10-18(26)11-8-16/h7-11,13-15,27H,4-5H2,1-3H3,(H,28,30)(H,29,31). The molecule has 1 aliphatic rings. The molecule has 4 rings (SSSR count). The van der Waals surface area contributed by atoms with Crippen molar-refractivity contribution >= 4 is 22.9 Å². The van der Waals surface area contributed by atoms with Crippen LogP contribution in [-0.4, -0.2) is 22.6 Å². The van der Waals surface area contributed by atoms with E-state index in [9.17, 15) is 14.0 Å². The van der Waals surface area contributed by atoms with Gasteiger partial charge < -0.3 is 9.72 Å². The molecule has 6 nitrogen and oxygen atoms in total. The Morgan fingerprint density at radius 2 is 1.75 bits per heavy atom. The lowest BCUT2D eigenvalue weighted by Crippen LogP contribution is -2.44. The average Bonchev–Trinajstić information content (AvgIpc) is 3.49. The number of fused-ring (bicyclic) bond motifs is 1. The van der Waals surface area contributed by atoms with Crippen molar-refractivity contribution in [3.8, 4) is 23.0 Å². The lowest BCUT2D eigenvalue weighted by atomic mass is 10.0. The summed E-state index contributed by atoms with van der Waals surface area (Å²) in [6, 6.07) is 11.9. The molecule has 3 N–H and O–H groups in total. The van der Waals surface area contributed by atoms with E-state index in [0.717, 1.165) is 29.4 Å². The van der Waals surface area contributed by atoms with Crippen molar-refractivity contribution in [2.24, 2.45) is 5.92 Å². The van der Waals surface area contributed by atoms with Gasteiger partial charge in [0.05, 0.1) is 5.56 Å². The van der Waals surface area contributed by atoms with E-state index in [2.05, 4.69) is 27.7 Å². The number of nitrogens with one attached hydrogen (secondary N) is 3. The van der Waals surface area contributed by atoms with E-state index in [1.54, 1.807) is 32.9 Å². The summed E-state index contributed by atoms with van der Waals surface area (Å²) in [5, 5.41) is 0.798. The van der Waals surface area contributed by atoms with Crippen LogP contribution in [0.4, 0.5) is 9.18 Å². The summed E-state index contributed by atoms with van der Waals surface area (Å²) in [6.45, 7) is 5.20. The quantitative estimate of drug-likeness (QED) is 0.397. The number of hydrogen-bond acceptors (Lipinski definition) is 3. The monoisotopic (exact) mass is 433 g/mol. The molecular weight excluding hydrogens is 409 g/mol. The lowest BCUT2D eigenvalue weighted by Gasteiger charge is -2.19. The molecule has 0 spiro atoms. The Hall–Kier alpha value is -3.79. The van der Waals surface area contributed by atoms with E-state index in [-0.39, 0.29) is 11.5 Å². The summed E-state index contributed by atoms with van der Waals surface area (Å²) < 4.78 is 18.4. The number of carbonyl (C=O) groups excluding carboxylic acids is 2. The molecule has 1 saturated carbocycles. The van der Waals surface area contributed by atoms with Gasteiger partial charge in [0.2, 0.25) is 0 Å². The fourth-order valence-corrected chi connectivity index (χ4v) is 3.20. The summed E-state index contributed by atoms with van der Waals surface area (Å²) in [5.74, 6) is 5.85. The van der Waals surface area contributed by atoms with Gasteiger partial charge in [-0.05, 0) is 62.9 Å². The Kier molecular flexibility index (Phi) is 5.62. The number of benzene rings is 2. The number of H-pyrrole nitrogens is 1. The molecule has 0 radical (unpaired) electrons. The molecular formula is C25H24FN3O3. The Morgan fingerprint density at radius 3 is 2.41 bits per heavy atom. The van der Waals surface area contributed by atoms with Crippen LogP contribution in [0.1, 0.15) is 49.7 Å². The zero-order valence-electron chi connectivity index (χ0n) is 18.1. The lowest BCUT2D eigenvalue weighted by molar-refractivity contribution is 0.0483. The second-order valence-corrected chi connectivity index (χ2v) is 8.77. The van der Waals surface area contributed by atoms with Gasteiger partial charge in [-0.15, -0.1) is 0 Å². The smallest absolute Gasteiger partial charge is 0.426 e. The van der Waals surface area contributed by atoms with E-state index in [4.69, 9.17) is 4.74 Å². The third-order valence-electron chi connectivity index (χ3n) is 4.86. The number of aromatic nitrogens is 1. The van der Waals surface area contributed by atoms with Gasteiger partial charge in [-0.2, -0.15) is 0 Å². The molecule has 0 unspecified atom stereocenters. The van der Waals surface area contributed by atoms with Gasteiger partial charge in [-0.3, -0.25) is 10.2 Å². The van der Waals surface area contributed by atoms with Gasteiger partial charge in [0, 0.05) is 16.8 Å². The molecule has 1 heterocycles. The molecule has 1 fully saturated rings. The van der Waals surface area contributed by atoms with Crippen LogP contribution in [0.25, 0.3) is 22.0 Å². The third kappa shape index (κ3) is 5.09. The Labute approximate surface area is 185 Å². The molecule has 0 saturated heterocycles. The predicted molar refractivity (Wildman–Crippen MR) is 120 cm³/mol. The fraction of sp³-hybridized carbons (Fsp3) is 0.280. The van der Waals surface area contributed by atoms with Crippen molar-refractivity contribution in [3.05, 3.63) is 59.5 Å². The molecule has 7 heteroatoms. The first kappa shape index (κ1) is 21.4. The first-order valence-corrected chi connectivity index (χ1v) is 10.4. The molecule has 0 aliphatic heterocycles. The van der Waals surface area contributed by atoms with E-state index < -0.39 is 17.6 Å². The minimum Gasteiger partial charge on any atom is -0.443 e. The normalized spacial score (nSPS) is 13.2. The largest absolute Gasteiger partial charge is 0.443 e. The van der Waals surface area contributed by atoms with E-state index in [1.165, 1.54) is 12.1 Å². The topological polar surface area (TPSA) is 83.2 Å². The Balaban J connectivity index is 1.64. The molecule has 0 atom stereocenters. The van der Waals surface area contributed by atoms with Crippen LogP contribution in [-0.2, 0) is 4.74 Å². The number of hydrazine groups is 1. The Bertz CT molecular complexity index is 1240. The minimum absolute atomic E-state index is 0.250. The van der Waals surface area contributed by atoms with Crippen molar-refractivity contribution in [2.45, 2.75) is 39.2 Å². The molecule has 32 heavy (non-hydrogen) atoms. The number of aromatic amines is 1. The number of hydrogen-bond donors (Lipinski definition) is 3. The van der Waals surface area contributed by atoms with E-state index >= 15 is 0 Å². The maximum absolute atomic E-state index is 13.3. The highest BCUT2D eigenvalue weighted by atomic mass is 19.1. The summed E-state index contributed by atoms with van der Waals surface area (Å²) in [5.41, 5.74) is 7.22. The van der Waals surface area contributed by atoms with E-state index in [0.29, 0.717) is 17.0 Å². The van der Waals surface area contributed by atoms with Crippen molar-refractivity contribution in [1.29, 1.82) is 0 Å². The first-order chi connectivity index (χ1) is 15.2. The predicted octanol–water partition coefficient (Wildman–Crippen LogP) is 4.91. The van der Waals surface area contributed by atoms with Gasteiger partial charge in [0.25, 0.3) is 5.91 Å². The molecule has 0 bridgehead atoms. The SMILES string of the molecule is CC(C)(C)OC(=O)NNC(=O)c1[nH]c2cc(-c3ccc(F)cc3)ccc2c1C#CC1CC1. The molecule has 1 aliphatic carbocycles. The minimum atomic E-state index is -0.758. The molecule has 1 aromatic heterocycles. The van der Waals surface area contributed by atoms with Crippen molar-refractivity contribution in [1.82, 2.24) is 15.8 Å². The first-order valence-electron chi connectivity index (χ1n) is 10.4. The molecule has 2 amide bonds. The highest BCUT2D eigenvalue weighted by Gasteiger charge is 2.22. The van der Waals surface area contributed by atoms with Crippen LogP contribution >= 0.6 is 0 Å². The van der Waals surface area contributed by atoms with Crippen LogP contribution in [0.2, 0.25) is 0 Å². The maximum atomic E-state index is 13.3. The van der Waals surface area contributed by atoms with Crippen molar-refractivity contribution in [3.63, 3.8) is 0 Å². The summed E-state index contributed by atoms with van der Waals surface area (Å²) >= 11 is 0. The molecule has 2 aromatic carbocycles. The Morgan fingerprint density at radius 1 is 1.06 bits per heavy atom. The van der Waals surface area contributed by atoms with Crippen LogP contribution in [0.3, 0.4) is 0 Å². The highest BCUT2D eigenvalue weighted by molar-refractivity contribution is 6.04. The zero-order valence-corrected chi connectivity index (χ0v) is 18.1. The number of carbonyl (C=O) groups is 2. The van der Waals surface area contributed by atoms with Crippen LogP contribution < -0.4 is 10.9 Å². The van der Waals surface area contributed by atoms with Gasteiger partial charge in [0.1, 0.15) is 17.1 Å². The molecule has 3 aromatic rings. The molecule has 164 valence electrons. The second-order valence-electron chi connectivity index (χ2n) is 8.77. The highest BCUT2D eigenvalue weighted by Crippen LogP contribution is 2.30. The van der Waals surface area contributed by atoms with Crippen LogP contribution in [0, 0.1) is 23.6 Å². The zero-order chi connectivity index (χ0) is 22.9. The van der Waals surface area contributed by atoms with Crippen LogP contribution in [0.15, 0.2) is 42.5 Å². The van der Waals surface area contributed by atoms with Gasteiger partial charge in [0.15, 0.2) is 0 Å². The summed E-state index contributed by atoms with van der Waals surface area (Å²) in [6.07, 6.45) is 1.36.